The third-order valence-corrected chi connectivity index (χ3v) is 14.9. The van der Waals surface area contributed by atoms with Crippen molar-refractivity contribution >= 4 is 59.9 Å². The number of allylic oxidation sites excluding steroid dienone is 5. The van der Waals surface area contributed by atoms with Gasteiger partial charge in [-0.05, 0) is 117 Å². The first-order valence-corrected chi connectivity index (χ1v) is 23.3. The molecule has 0 fully saturated rings. The Morgan fingerprint density at radius 1 is 0.415 bits per heavy atom. The minimum atomic E-state index is -0.651. The van der Waals surface area contributed by atoms with E-state index in [4.69, 9.17) is 0 Å². The molecular formula is C62H42N2S. The zero-order valence-corrected chi connectivity index (χ0v) is 36.4. The summed E-state index contributed by atoms with van der Waals surface area (Å²) < 4.78 is 2.66. The van der Waals surface area contributed by atoms with Crippen LogP contribution in [0, 0.1) is 0 Å². The van der Waals surface area contributed by atoms with E-state index in [2.05, 4.69) is 252 Å². The molecule has 13 rings (SSSR count). The molecule has 10 aromatic rings. The van der Waals surface area contributed by atoms with Crippen molar-refractivity contribution in [1.29, 1.82) is 0 Å². The van der Waals surface area contributed by atoms with Crippen LogP contribution in [-0.2, 0) is 5.41 Å². The molecule has 1 aromatic heterocycles. The average molecular weight is 847 g/mol. The van der Waals surface area contributed by atoms with E-state index in [0.29, 0.717) is 0 Å². The smallest absolute Gasteiger partial charge is 0.0783 e. The van der Waals surface area contributed by atoms with Crippen LogP contribution in [0.1, 0.15) is 23.1 Å². The summed E-state index contributed by atoms with van der Waals surface area (Å²) in [6.45, 7) is 0. The number of thiophene rings is 1. The van der Waals surface area contributed by atoms with Crippen LogP contribution in [0.4, 0.5) is 28.4 Å². The van der Waals surface area contributed by atoms with Crippen molar-refractivity contribution in [2.45, 2.75) is 11.8 Å². The van der Waals surface area contributed by atoms with Gasteiger partial charge >= 0.3 is 0 Å². The molecule has 1 aliphatic carbocycles. The summed E-state index contributed by atoms with van der Waals surface area (Å²) in [5, 5.41) is 2.64. The Morgan fingerprint density at radius 2 is 0.969 bits per heavy atom. The van der Waals surface area contributed by atoms with Crippen LogP contribution in [0.3, 0.4) is 0 Å². The summed E-state index contributed by atoms with van der Waals surface area (Å²) in [4.78, 5) is 5.00. The highest BCUT2D eigenvalue weighted by atomic mass is 32.1. The van der Waals surface area contributed by atoms with E-state index in [1.807, 2.05) is 11.3 Å². The van der Waals surface area contributed by atoms with Gasteiger partial charge < -0.3 is 9.80 Å². The molecule has 0 amide bonds. The molecule has 1 spiro atoms. The highest BCUT2D eigenvalue weighted by molar-refractivity contribution is 7.26. The van der Waals surface area contributed by atoms with Gasteiger partial charge in [0.15, 0.2) is 0 Å². The van der Waals surface area contributed by atoms with Gasteiger partial charge in [0, 0.05) is 37.2 Å². The zero-order chi connectivity index (χ0) is 42.9. The fourth-order valence-corrected chi connectivity index (χ4v) is 12.1. The third kappa shape index (κ3) is 5.79. The normalized spacial score (nSPS) is 16.1. The van der Waals surface area contributed by atoms with Crippen molar-refractivity contribution in [2.24, 2.45) is 0 Å². The lowest BCUT2D eigenvalue weighted by molar-refractivity contribution is 0.696. The summed E-state index contributed by atoms with van der Waals surface area (Å²) >= 11 is 1.88. The fraction of sp³-hybridized carbons (Fsp3) is 0.0323. The van der Waals surface area contributed by atoms with Crippen LogP contribution < -0.4 is 9.80 Å². The Bertz CT molecular complexity index is 3560. The minimum Gasteiger partial charge on any atom is -0.310 e. The van der Waals surface area contributed by atoms with Crippen LogP contribution in [-0.4, -0.2) is 0 Å². The zero-order valence-electron chi connectivity index (χ0n) is 35.6. The first kappa shape index (κ1) is 37.6. The molecule has 1 unspecified atom stereocenters. The maximum absolute atomic E-state index is 2.52. The van der Waals surface area contributed by atoms with Crippen molar-refractivity contribution in [3.63, 3.8) is 0 Å². The van der Waals surface area contributed by atoms with Crippen LogP contribution >= 0.6 is 11.3 Å². The summed E-state index contributed by atoms with van der Waals surface area (Å²) in [7, 11) is 0. The summed E-state index contributed by atoms with van der Waals surface area (Å²) in [5.74, 6) is 0. The monoisotopic (exact) mass is 846 g/mol. The van der Waals surface area contributed by atoms with E-state index in [9.17, 15) is 0 Å². The van der Waals surface area contributed by atoms with Crippen LogP contribution in [0.2, 0.25) is 0 Å². The average Bonchev–Trinajstić information content (AvgIpc) is 3.59. The van der Waals surface area contributed by atoms with Gasteiger partial charge in [0.05, 0.1) is 22.5 Å². The van der Waals surface area contributed by atoms with Gasteiger partial charge in [-0.2, -0.15) is 0 Å². The Hall–Kier alpha value is -7.98. The van der Waals surface area contributed by atoms with Crippen molar-refractivity contribution < 1.29 is 0 Å². The van der Waals surface area contributed by atoms with Crippen molar-refractivity contribution in [3.05, 3.63) is 271 Å². The quantitative estimate of drug-likeness (QED) is 0.170. The molecule has 0 saturated heterocycles. The number of hydrogen-bond donors (Lipinski definition) is 0. The van der Waals surface area contributed by atoms with Crippen LogP contribution in [0.25, 0.3) is 53.6 Å². The predicted octanol–water partition coefficient (Wildman–Crippen LogP) is 17.1. The second-order valence-electron chi connectivity index (χ2n) is 17.1. The maximum atomic E-state index is 2.52. The van der Waals surface area contributed by atoms with E-state index in [1.165, 1.54) is 98.6 Å². The molecule has 0 radical (unpaired) electrons. The number of nitrogens with zero attached hydrogens (tertiary/aromatic N) is 2. The first-order valence-electron chi connectivity index (χ1n) is 22.5. The van der Waals surface area contributed by atoms with Gasteiger partial charge in [-0.15, -0.1) is 11.3 Å². The standard InChI is InChI=1S/C62H42N2S/c1-4-17-42(18-5-1)44-31-36-47(37-32-44)64-58-29-14-12-26-54(58)62(55-41-46(35-40-59(55)64)43-19-6-2-7-20-43)52-24-8-3-9-27-56(52)63(57-28-13-11-25-53(57)62)48-38-33-45(34-39-48)49-22-16-23-51-50-21-10-15-30-60(50)65-61(49)51/h1-8,10-41H,9H2. The predicted molar refractivity (Wildman–Crippen MR) is 275 cm³/mol. The molecule has 9 aromatic carbocycles. The van der Waals surface area contributed by atoms with Gasteiger partial charge in [-0.3, -0.25) is 0 Å². The van der Waals surface area contributed by atoms with Gasteiger partial charge in [-0.25, -0.2) is 0 Å². The van der Waals surface area contributed by atoms with Gasteiger partial charge in [0.25, 0.3) is 0 Å². The third-order valence-electron chi connectivity index (χ3n) is 13.7. The van der Waals surface area contributed by atoms with Crippen molar-refractivity contribution in [3.8, 4) is 33.4 Å². The van der Waals surface area contributed by atoms with E-state index in [-0.39, 0.29) is 0 Å². The highest BCUT2D eigenvalue weighted by Gasteiger charge is 2.53. The van der Waals surface area contributed by atoms with Crippen molar-refractivity contribution in [2.75, 3.05) is 9.80 Å². The van der Waals surface area contributed by atoms with E-state index >= 15 is 0 Å². The van der Waals surface area contributed by atoms with E-state index in [1.54, 1.807) is 0 Å². The molecule has 2 aliphatic heterocycles. The molecule has 2 nitrogen and oxygen atoms in total. The topological polar surface area (TPSA) is 6.48 Å². The lowest BCUT2D eigenvalue weighted by Crippen LogP contribution is -2.44. The van der Waals surface area contributed by atoms with Gasteiger partial charge in [0.2, 0.25) is 0 Å². The second-order valence-corrected chi connectivity index (χ2v) is 18.2. The number of fused-ring (bicyclic) bond motifs is 11. The van der Waals surface area contributed by atoms with E-state index < -0.39 is 5.41 Å². The number of rotatable bonds is 5. The molecule has 1 atom stereocenters. The fourth-order valence-electron chi connectivity index (χ4n) is 10.8. The summed E-state index contributed by atoms with van der Waals surface area (Å²) in [5.41, 5.74) is 18.7. The Labute approximate surface area is 383 Å². The summed E-state index contributed by atoms with van der Waals surface area (Å²) in [6.07, 6.45) is 10.2. The highest BCUT2D eigenvalue weighted by Crippen LogP contribution is 2.64. The first-order chi connectivity index (χ1) is 32.3. The molecule has 0 bridgehead atoms. The number of hydrogen-bond acceptors (Lipinski definition) is 3. The van der Waals surface area contributed by atoms with Gasteiger partial charge in [-0.1, -0.05) is 188 Å². The Balaban J connectivity index is 1.03. The van der Waals surface area contributed by atoms with E-state index in [0.717, 1.165) is 17.8 Å². The molecule has 0 saturated carbocycles. The molecular weight excluding hydrogens is 805 g/mol. The number of benzene rings is 9. The molecule has 3 aliphatic rings. The van der Waals surface area contributed by atoms with Gasteiger partial charge in [0.1, 0.15) is 0 Å². The van der Waals surface area contributed by atoms with Crippen molar-refractivity contribution in [1.82, 2.24) is 0 Å². The minimum absolute atomic E-state index is 0.651. The van der Waals surface area contributed by atoms with Crippen LogP contribution in [0.5, 0.6) is 0 Å². The lowest BCUT2D eigenvalue weighted by Gasteiger charge is -2.52. The molecule has 3 heterocycles. The summed E-state index contributed by atoms with van der Waals surface area (Å²) in [6, 6.07) is 80.8. The molecule has 0 N–H and O–H groups in total. The largest absolute Gasteiger partial charge is 0.310 e. The number of para-hydroxylation sites is 2. The molecule has 65 heavy (non-hydrogen) atoms. The SMILES string of the molecule is C1=CCC=C2C(=C1)C1(c3ccccc3N2c2ccc(-c3cccc4c3sc3ccccc34)cc2)c2ccccc2N(c2ccc(-c3ccccc3)cc2)c2ccc(-c3ccccc3)cc21. The maximum Gasteiger partial charge on any atom is 0.0783 e. The number of anilines is 5. The Morgan fingerprint density at radius 3 is 1.71 bits per heavy atom. The molecule has 306 valence electrons. The second kappa shape index (κ2) is 15.1. The Kier molecular flexibility index (Phi) is 8.72. The van der Waals surface area contributed by atoms with Crippen LogP contribution in [0.15, 0.2) is 254 Å². The lowest BCUT2D eigenvalue weighted by atomic mass is 9.58. The molecule has 3 heteroatoms.